The first kappa shape index (κ1) is 10.1. The van der Waals surface area contributed by atoms with Gasteiger partial charge in [-0.3, -0.25) is 0 Å². The highest BCUT2D eigenvalue weighted by atomic mass is 14.9. The molecular formula is C12H19N. The van der Waals surface area contributed by atoms with E-state index in [1.807, 2.05) is 0 Å². The van der Waals surface area contributed by atoms with Crippen molar-refractivity contribution in [2.75, 3.05) is 11.9 Å². The molecule has 1 rings (SSSR count). The summed E-state index contributed by atoms with van der Waals surface area (Å²) in [6.07, 6.45) is 1.23. The first-order valence-electron chi connectivity index (χ1n) is 5.03. The molecule has 1 aromatic rings. The van der Waals surface area contributed by atoms with Crippen LogP contribution in [0.3, 0.4) is 0 Å². The quantitative estimate of drug-likeness (QED) is 0.742. The van der Waals surface area contributed by atoms with Gasteiger partial charge in [0.25, 0.3) is 0 Å². The molecule has 72 valence electrons. The molecule has 0 fully saturated rings. The molecule has 0 aliphatic carbocycles. The Morgan fingerprint density at radius 3 is 2.77 bits per heavy atom. The lowest BCUT2D eigenvalue weighted by molar-refractivity contribution is 0.593. The van der Waals surface area contributed by atoms with Crippen molar-refractivity contribution in [3.8, 4) is 0 Å². The van der Waals surface area contributed by atoms with Gasteiger partial charge in [-0.05, 0) is 30.5 Å². The predicted molar refractivity (Wildman–Crippen MR) is 59.1 cm³/mol. The minimum atomic E-state index is 0.750. The fraction of sp³-hybridized carbons (Fsp3) is 0.500. The monoisotopic (exact) mass is 177 g/mol. The summed E-state index contributed by atoms with van der Waals surface area (Å²) in [6, 6.07) is 8.51. The van der Waals surface area contributed by atoms with Gasteiger partial charge < -0.3 is 5.32 Å². The van der Waals surface area contributed by atoms with Crippen molar-refractivity contribution in [3.63, 3.8) is 0 Å². The third-order valence-electron chi connectivity index (χ3n) is 2.37. The average molecular weight is 177 g/mol. The van der Waals surface area contributed by atoms with E-state index in [9.17, 15) is 0 Å². The molecule has 0 amide bonds. The van der Waals surface area contributed by atoms with Crippen LogP contribution in [0.25, 0.3) is 0 Å². The maximum atomic E-state index is 3.44. The van der Waals surface area contributed by atoms with E-state index in [1.54, 1.807) is 0 Å². The zero-order valence-corrected chi connectivity index (χ0v) is 8.80. The molecule has 0 saturated heterocycles. The van der Waals surface area contributed by atoms with Gasteiger partial charge in [0.2, 0.25) is 0 Å². The number of anilines is 1. The number of benzene rings is 1. The van der Waals surface area contributed by atoms with Crippen molar-refractivity contribution in [1.82, 2.24) is 0 Å². The molecule has 0 radical (unpaired) electrons. The fourth-order valence-electron chi connectivity index (χ4n) is 1.19. The summed E-state index contributed by atoms with van der Waals surface area (Å²) in [7, 11) is 0. The molecular weight excluding hydrogens is 158 g/mol. The van der Waals surface area contributed by atoms with Gasteiger partial charge in [-0.25, -0.2) is 0 Å². The Bertz CT molecular complexity index is 255. The smallest absolute Gasteiger partial charge is 0.0342 e. The van der Waals surface area contributed by atoms with Crippen LogP contribution in [-0.4, -0.2) is 6.54 Å². The Labute approximate surface area is 81.2 Å². The first-order valence-corrected chi connectivity index (χ1v) is 5.03. The van der Waals surface area contributed by atoms with Gasteiger partial charge in [-0.15, -0.1) is 0 Å². The third-order valence-corrected chi connectivity index (χ3v) is 2.37. The maximum absolute atomic E-state index is 3.44. The summed E-state index contributed by atoms with van der Waals surface area (Å²) < 4.78 is 0. The lowest BCUT2D eigenvalue weighted by Crippen LogP contribution is -2.10. The van der Waals surface area contributed by atoms with Crippen molar-refractivity contribution < 1.29 is 0 Å². The summed E-state index contributed by atoms with van der Waals surface area (Å²) >= 11 is 0. The van der Waals surface area contributed by atoms with Crippen molar-refractivity contribution in [2.24, 2.45) is 5.92 Å². The average Bonchev–Trinajstić information content (AvgIpc) is 2.14. The molecule has 13 heavy (non-hydrogen) atoms. The standard InChI is InChI=1S/C12H19N/c1-4-10(2)9-13-12-7-5-6-11(3)8-12/h5-8,10,13H,4,9H2,1-3H3/t10-/m0/s1. The van der Waals surface area contributed by atoms with Crippen LogP contribution >= 0.6 is 0 Å². The van der Waals surface area contributed by atoms with Crippen LogP contribution in [0.2, 0.25) is 0 Å². The molecule has 1 N–H and O–H groups in total. The normalized spacial score (nSPS) is 12.5. The number of hydrogen-bond donors (Lipinski definition) is 1. The number of hydrogen-bond acceptors (Lipinski definition) is 1. The molecule has 0 aromatic heterocycles. The van der Waals surface area contributed by atoms with Crippen molar-refractivity contribution in [3.05, 3.63) is 29.8 Å². The number of rotatable bonds is 4. The van der Waals surface area contributed by atoms with Crippen LogP contribution in [0.15, 0.2) is 24.3 Å². The van der Waals surface area contributed by atoms with Gasteiger partial charge in [-0.1, -0.05) is 32.4 Å². The van der Waals surface area contributed by atoms with Crippen LogP contribution < -0.4 is 5.32 Å². The fourth-order valence-corrected chi connectivity index (χ4v) is 1.19. The summed E-state index contributed by atoms with van der Waals surface area (Å²) in [5.74, 6) is 0.750. The van der Waals surface area contributed by atoms with Crippen LogP contribution in [0, 0.1) is 12.8 Å². The highest BCUT2D eigenvalue weighted by Gasteiger charge is 1.97. The van der Waals surface area contributed by atoms with E-state index in [4.69, 9.17) is 0 Å². The van der Waals surface area contributed by atoms with Crippen LogP contribution in [0.4, 0.5) is 5.69 Å². The van der Waals surface area contributed by atoms with Gasteiger partial charge in [0.15, 0.2) is 0 Å². The Kier molecular flexibility index (Phi) is 3.81. The van der Waals surface area contributed by atoms with Crippen LogP contribution in [0.5, 0.6) is 0 Å². The van der Waals surface area contributed by atoms with E-state index in [2.05, 4.69) is 50.4 Å². The van der Waals surface area contributed by atoms with Gasteiger partial charge in [0.1, 0.15) is 0 Å². The largest absolute Gasteiger partial charge is 0.385 e. The van der Waals surface area contributed by atoms with Gasteiger partial charge in [-0.2, -0.15) is 0 Å². The third kappa shape index (κ3) is 3.49. The second-order valence-electron chi connectivity index (χ2n) is 3.76. The highest BCUT2D eigenvalue weighted by molar-refractivity contribution is 5.45. The second kappa shape index (κ2) is 4.90. The van der Waals surface area contributed by atoms with E-state index in [1.165, 1.54) is 17.7 Å². The van der Waals surface area contributed by atoms with Gasteiger partial charge in [0, 0.05) is 12.2 Å². The predicted octanol–water partition coefficient (Wildman–Crippen LogP) is 3.45. The second-order valence-corrected chi connectivity index (χ2v) is 3.76. The van der Waals surface area contributed by atoms with Crippen LogP contribution in [0.1, 0.15) is 25.8 Å². The van der Waals surface area contributed by atoms with E-state index in [-0.39, 0.29) is 0 Å². The Hall–Kier alpha value is -0.980. The Morgan fingerprint density at radius 1 is 1.38 bits per heavy atom. The molecule has 0 spiro atoms. The number of aryl methyl sites for hydroxylation is 1. The molecule has 0 aliphatic heterocycles. The molecule has 1 aromatic carbocycles. The molecule has 0 aliphatic rings. The SMILES string of the molecule is CC[C@H](C)CNc1cccc(C)c1. The van der Waals surface area contributed by atoms with Gasteiger partial charge >= 0.3 is 0 Å². The lowest BCUT2D eigenvalue weighted by atomic mass is 10.1. The minimum absolute atomic E-state index is 0.750. The van der Waals surface area contributed by atoms with Crippen molar-refractivity contribution in [1.29, 1.82) is 0 Å². The molecule has 0 unspecified atom stereocenters. The first-order chi connectivity index (χ1) is 6.22. The summed E-state index contributed by atoms with van der Waals surface area (Å²) in [5, 5.41) is 3.44. The maximum Gasteiger partial charge on any atom is 0.0342 e. The molecule has 0 heterocycles. The summed E-state index contributed by atoms with van der Waals surface area (Å²) in [6.45, 7) is 7.68. The molecule has 1 atom stereocenters. The van der Waals surface area contributed by atoms with Crippen LogP contribution in [-0.2, 0) is 0 Å². The lowest BCUT2D eigenvalue weighted by Gasteiger charge is -2.11. The van der Waals surface area contributed by atoms with E-state index >= 15 is 0 Å². The van der Waals surface area contributed by atoms with Crippen molar-refractivity contribution in [2.45, 2.75) is 27.2 Å². The molecule has 1 nitrogen and oxygen atoms in total. The molecule has 0 saturated carbocycles. The highest BCUT2D eigenvalue weighted by Crippen LogP contribution is 2.10. The van der Waals surface area contributed by atoms with E-state index < -0.39 is 0 Å². The number of nitrogens with one attached hydrogen (secondary N) is 1. The summed E-state index contributed by atoms with van der Waals surface area (Å²) in [4.78, 5) is 0. The van der Waals surface area contributed by atoms with Gasteiger partial charge in [0.05, 0.1) is 0 Å². The minimum Gasteiger partial charge on any atom is -0.385 e. The zero-order valence-electron chi connectivity index (χ0n) is 8.80. The topological polar surface area (TPSA) is 12.0 Å². The molecule has 1 heteroatoms. The van der Waals surface area contributed by atoms with E-state index in [0.29, 0.717) is 0 Å². The summed E-state index contributed by atoms with van der Waals surface area (Å²) in [5.41, 5.74) is 2.55. The zero-order chi connectivity index (χ0) is 9.68. The Morgan fingerprint density at radius 2 is 2.15 bits per heavy atom. The van der Waals surface area contributed by atoms with Crippen molar-refractivity contribution >= 4 is 5.69 Å². The van der Waals surface area contributed by atoms with E-state index in [0.717, 1.165) is 12.5 Å². The molecule has 0 bridgehead atoms. The Balaban J connectivity index is 2.45.